The standard InChI is InChI=1S/C29H35F3N6O8S/c1-20(2)27(39)45-19-46-35-38(41)36(4)16-6-5-7-17-44-28(40)34-47(42,43)24-14-12-23(13-15-24)37-25(18-26(33-37)29(30,31)32)22-10-8-21(3)9-11-22/h8-15,18,20H,5-7,16-17,19H2,1-4H3,(H,34,40)/b38-35-. The lowest BCUT2D eigenvalue weighted by molar-refractivity contribution is -0.706. The average molecular weight is 685 g/mol. The van der Waals surface area contributed by atoms with Crippen LogP contribution in [0.1, 0.15) is 44.4 Å². The molecule has 0 aliphatic carbocycles. The van der Waals surface area contributed by atoms with Crippen molar-refractivity contribution in [3.8, 4) is 16.9 Å². The number of hydrogen-bond donors (Lipinski definition) is 1. The molecule has 0 bridgehead atoms. The van der Waals surface area contributed by atoms with Crippen molar-refractivity contribution in [2.75, 3.05) is 27.0 Å². The lowest BCUT2D eigenvalue weighted by atomic mass is 10.1. The molecule has 0 saturated heterocycles. The number of ether oxygens (including phenoxy) is 2. The number of nitrogens with zero attached hydrogens (tertiary/aromatic N) is 5. The van der Waals surface area contributed by atoms with Crippen molar-refractivity contribution in [2.24, 2.45) is 11.2 Å². The molecule has 3 rings (SSSR count). The van der Waals surface area contributed by atoms with E-state index in [9.17, 15) is 36.4 Å². The fraction of sp³-hybridized carbons (Fsp3) is 0.414. The van der Waals surface area contributed by atoms with Crippen LogP contribution in [0.3, 0.4) is 0 Å². The molecule has 0 atom stereocenters. The zero-order valence-corrected chi connectivity index (χ0v) is 26.9. The molecule has 0 aliphatic heterocycles. The van der Waals surface area contributed by atoms with E-state index in [1.165, 1.54) is 24.2 Å². The predicted molar refractivity (Wildman–Crippen MR) is 160 cm³/mol. The number of hydrazine groups is 1. The molecule has 1 amide bonds. The van der Waals surface area contributed by atoms with Crippen molar-refractivity contribution < 1.29 is 50.5 Å². The molecule has 0 aliphatic rings. The number of nitrogens with one attached hydrogen (secondary N) is 1. The summed E-state index contributed by atoms with van der Waals surface area (Å²) in [7, 11) is -2.90. The van der Waals surface area contributed by atoms with Gasteiger partial charge in [-0.3, -0.25) is 4.79 Å². The molecular formula is C29H35F3N6O8S. The van der Waals surface area contributed by atoms with Crippen molar-refractivity contribution >= 4 is 22.1 Å². The van der Waals surface area contributed by atoms with Gasteiger partial charge in [-0.1, -0.05) is 43.7 Å². The fourth-order valence-corrected chi connectivity index (χ4v) is 4.76. The Hall–Kier alpha value is -4.87. The van der Waals surface area contributed by atoms with Gasteiger partial charge in [0.2, 0.25) is 5.28 Å². The summed E-state index contributed by atoms with van der Waals surface area (Å²) in [5.74, 6) is -0.848. The Morgan fingerprint density at radius 2 is 1.72 bits per heavy atom. The van der Waals surface area contributed by atoms with Gasteiger partial charge in [0.1, 0.15) is 0 Å². The van der Waals surface area contributed by atoms with Crippen LogP contribution in [-0.2, 0) is 35.3 Å². The number of hydrogen-bond acceptors (Lipinski definition) is 10. The molecule has 3 aromatic rings. The summed E-state index contributed by atoms with van der Waals surface area (Å²) in [5.41, 5.74) is 0.587. The maximum Gasteiger partial charge on any atom is 0.435 e. The Morgan fingerprint density at radius 3 is 2.34 bits per heavy atom. The second kappa shape index (κ2) is 16.1. The summed E-state index contributed by atoms with van der Waals surface area (Å²) in [6.07, 6.45) is -4.54. The highest BCUT2D eigenvalue weighted by Gasteiger charge is 2.35. The zero-order valence-electron chi connectivity index (χ0n) is 26.1. The van der Waals surface area contributed by atoms with Crippen molar-refractivity contribution in [1.29, 1.82) is 0 Å². The molecule has 47 heavy (non-hydrogen) atoms. The van der Waals surface area contributed by atoms with Crippen LogP contribution in [0.4, 0.5) is 18.0 Å². The summed E-state index contributed by atoms with van der Waals surface area (Å²) >= 11 is 0. The zero-order chi connectivity index (χ0) is 34.8. The average Bonchev–Trinajstić information content (AvgIpc) is 3.47. The van der Waals surface area contributed by atoms with Gasteiger partial charge >= 0.3 is 18.2 Å². The molecule has 1 heterocycles. The van der Waals surface area contributed by atoms with E-state index in [0.717, 1.165) is 28.4 Å². The van der Waals surface area contributed by atoms with Crippen molar-refractivity contribution in [1.82, 2.24) is 19.5 Å². The van der Waals surface area contributed by atoms with E-state index in [4.69, 9.17) is 9.47 Å². The minimum Gasteiger partial charge on any atom is -0.569 e. The fourth-order valence-electron chi connectivity index (χ4n) is 3.87. The second-order valence-electron chi connectivity index (χ2n) is 10.6. The summed E-state index contributed by atoms with van der Waals surface area (Å²) in [4.78, 5) is 28.0. The molecule has 0 saturated carbocycles. The minimum atomic E-state index is -4.70. The third kappa shape index (κ3) is 10.9. The first-order valence-electron chi connectivity index (χ1n) is 14.3. The molecule has 1 aromatic heterocycles. The minimum absolute atomic E-state index is 0.109. The van der Waals surface area contributed by atoms with Crippen molar-refractivity contribution in [2.45, 2.75) is 51.1 Å². The topological polar surface area (TPSA) is 167 Å². The maximum absolute atomic E-state index is 13.5. The lowest BCUT2D eigenvalue weighted by Gasteiger charge is -2.13. The SMILES string of the molecule is Cc1ccc(-c2cc(C(F)(F)F)nn2-c2ccc(S(=O)(=O)NC(=O)OCCCCCN(C)/[N+]([O-])=N/OCOC(=O)C(C)C)cc2)cc1. The van der Waals surface area contributed by atoms with E-state index >= 15 is 0 Å². The molecular weight excluding hydrogens is 649 g/mol. The van der Waals surface area contributed by atoms with Crippen LogP contribution in [0, 0.1) is 18.0 Å². The lowest BCUT2D eigenvalue weighted by Crippen LogP contribution is -2.31. The number of carbonyl (C=O) groups excluding carboxylic acids is 2. The Labute approximate surface area is 269 Å². The molecule has 256 valence electrons. The highest BCUT2D eigenvalue weighted by atomic mass is 32.2. The summed E-state index contributed by atoms with van der Waals surface area (Å²) in [6.45, 7) is 4.77. The van der Waals surface area contributed by atoms with Gasteiger partial charge in [-0.15, -0.1) is 5.01 Å². The van der Waals surface area contributed by atoms with Crippen LogP contribution in [0.25, 0.3) is 16.9 Å². The van der Waals surface area contributed by atoms with Crippen LogP contribution in [0.2, 0.25) is 0 Å². The number of aromatic nitrogens is 2. The van der Waals surface area contributed by atoms with Gasteiger partial charge in [0.15, 0.2) is 5.69 Å². The van der Waals surface area contributed by atoms with Crippen LogP contribution in [-0.4, -0.2) is 67.2 Å². The molecule has 18 heteroatoms. The number of sulfonamides is 1. The summed E-state index contributed by atoms with van der Waals surface area (Å²) < 4.78 is 78.4. The van der Waals surface area contributed by atoms with Gasteiger partial charge in [-0.25, -0.2) is 22.6 Å². The van der Waals surface area contributed by atoms with Crippen LogP contribution in [0.15, 0.2) is 64.8 Å². The van der Waals surface area contributed by atoms with Crippen LogP contribution >= 0.6 is 0 Å². The molecule has 0 fully saturated rings. The summed E-state index contributed by atoms with van der Waals surface area (Å²) in [5, 5.41) is 20.0. The molecule has 1 N–H and O–H groups in total. The van der Waals surface area contributed by atoms with Gasteiger partial charge in [-0.2, -0.15) is 18.3 Å². The highest BCUT2D eigenvalue weighted by Crippen LogP contribution is 2.33. The number of esters is 1. The largest absolute Gasteiger partial charge is 0.569 e. The monoisotopic (exact) mass is 684 g/mol. The molecule has 14 nitrogen and oxygen atoms in total. The third-order valence-electron chi connectivity index (χ3n) is 6.46. The smallest absolute Gasteiger partial charge is 0.435 e. The van der Waals surface area contributed by atoms with Crippen LogP contribution < -0.4 is 4.72 Å². The van der Waals surface area contributed by atoms with Crippen molar-refractivity contribution in [3.63, 3.8) is 0 Å². The second-order valence-corrected chi connectivity index (χ2v) is 12.2. The molecule has 2 aromatic carbocycles. The van der Waals surface area contributed by atoms with Crippen LogP contribution in [0.5, 0.6) is 0 Å². The van der Waals surface area contributed by atoms with E-state index in [1.54, 1.807) is 42.8 Å². The third-order valence-corrected chi connectivity index (χ3v) is 7.79. The first kappa shape index (κ1) is 36.6. The Balaban J connectivity index is 1.48. The highest BCUT2D eigenvalue weighted by molar-refractivity contribution is 7.90. The Bertz CT molecular complexity index is 1640. The number of alkyl halides is 3. The van der Waals surface area contributed by atoms with Gasteiger partial charge in [0, 0.05) is 5.56 Å². The predicted octanol–water partition coefficient (Wildman–Crippen LogP) is 5.35. The van der Waals surface area contributed by atoms with E-state index in [-0.39, 0.29) is 40.3 Å². The van der Waals surface area contributed by atoms with E-state index in [2.05, 4.69) is 15.2 Å². The first-order chi connectivity index (χ1) is 22.1. The first-order valence-corrected chi connectivity index (χ1v) is 15.8. The molecule has 0 spiro atoms. The quantitative estimate of drug-likeness (QED) is 0.0550. The number of halogens is 3. The van der Waals surface area contributed by atoms with Gasteiger partial charge in [0.25, 0.3) is 16.8 Å². The van der Waals surface area contributed by atoms with Gasteiger partial charge in [-0.05, 0) is 56.5 Å². The van der Waals surface area contributed by atoms with Crippen molar-refractivity contribution in [3.05, 3.63) is 71.1 Å². The number of carbonyl (C=O) groups is 2. The molecule has 0 unspecified atom stereocenters. The van der Waals surface area contributed by atoms with E-state index < -0.39 is 40.7 Å². The van der Waals surface area contributed by atoms with Gasteiger partial charge < -0.3 is 19.5 Å². The number of amides is 1. The van der Waals surface area contributed by atoms with E-state index in [1.807, 2.05) is 6.92 Å². The maximum atomic E-state index is 13.5. The Kier molecular flexibility index (Phi) is 12.5. The normalized spacial score (nSPS) is 12.1. The Morgan fingerprint density at radius 1 is 1.06 bits per heavy atom. The number of benzene rings is 2. The van der Waals surface area contributed by atoms with Gasteiger partial charge in [0.05, 0.1) is 47.4 Å². The number of rotatable bonds is 15. The number of aryl methyl sites for hydroxylation is 1. The summed E-state index contributed by atoms with van der Waals surface area (Å²) in [6, 6.07) is 12.5. The molecule has 0 radical (unpaired) electrons. The van der Waals surface area contributed by atoms with E-state index in [0.29, 0.717) is 24.8 Å². The number of unbranched alkanes of at least 4 members (excludes halogenated alkanes) is 2.